The van der Waals surface area contributed by atoms with Gasteiger partial charge in [0.05, 0.1) is 12.5 Å². The fraction of sp³-hybridized carbons (Fsp3) is 0.263. The third-order valence-corrected chi connectivity index (χ3v) is 4.03. The molecular formula is C19H16F3NO4. The number of alkyl halides is 3. The highest BCUT2D eigenvalue weighted by molar-refractivity contribution is 5.94. The summed E-state index contributed by atoms with van der Waals surface area (Å²) in [5.74, 6) is -0.958. The Kier molecular flexibility index (Phi) is 5.34. The van der Waals surface area contributed by atoms with Crippen LogP contribution in [-0.2, 0) is 22.4 Å². The van der Waals surface area contributed by atoms with E-state index >= 15 is 0 Å². The Morgan fingerprint density at radius 2 is 1.81 bits per heavy atom. The van der Waals surface area contributed by atoms with E-state index in [-0.39, 0.29) is 13.0 Å². The molecule has 5 nitrogen and oxygen atoms in total. The molecule has 142 valence electrons. The van der Waals surface area contributed by atoms with E-state index in [0.29, 0.717) is 12.0 Å². The van der Waals surface area contributed by atoms with Crippen molar-refractivity contribution in [2.75, 3.05) is 6.61 Å². The Balaban J connectivity index is 1.70. The van der Waals surface area contributed by atoms with Gasteiger partial charge in [-0.1, -0.05) is 42.5 Å². The molecular weight excluding hydrogens is 363 g/mol. The van der Waals surface area contributed by atoms with Crippen LogP contribution in [0.25, 0.3) is 0 Å². The lowest BCUT2D eigenvalue weighted by Crippen LogP contribution is -2.41. The van der Waals surface area contributed by atoms with Gasteiger partial charge in [0.15, 0.2) is 0 Å². The second-order valence-electron chi connectivity index (χ2n) is 6.06. The average Bonchev–Trinajstić information content (AvgIpc) is 2.95. The number of hydrogen-bond acceptors (Lipinski definition) is 4. The van der Waals surface area contributed by atoms with Gasteiger partial charge in [0.2, 0.25) is 5.91 Å². The van der Waals surface area contributed by atoms with Crippen LogP contribution in [0.4, 0.5) is 18.0 Å². The van der Waals surface area contributed by atoms with Crippen LogP contribution in [0, 0.1) is 0 Å². The molecule has 1 aliphatic heterocycles. The maximum Gasteiger partial charge on any atom is 0.573 e. The van der Waals surface area contributed by atoms with Crippen molar-refractivity contribution < 1.29 is 32.2 Å². The molecule has 2 amide bonds. The van der Waals surface area contributed by atoms with Gasteiger partial charge in [0, 0.05) is 0 Å². The Morgan fingerprint density at radius 1 is 1.11 bits per heavy atom. The number of amides is 2. The number of rotatable bonds is 5. The average molecular weight is 379 g/mol. The lowest BCUT2D eigenvalue weighted by molar-refractivity contribution is -0.274. The molecule has 1 fully saturated rings. The van der Waals surface area contributed by atoms with Crippen molar-refractivity contribution in [3.63, 3.8) is 0 Å². The van der Waals surface area contributed by atoms with Gasteiger partial charge >= 0.3 is 12.5 Å². The number of halogens is 3. The van der Waals surface area contributed by atoms with Crippen molar-refractivity contribution in [2.24, 2.45) is 0 Å². The molecule has 0 bridgehead atoms. The number of carbonyl (C=O) groups is 2. The van der Waals surface area contributed by atoms with Gasteiger partial charge in [-0.15, -0.1) is 13.2 Å². The zero-order chi connectivity index (χ0) is 19.4. The van der Waals surface area contributed by atoms with Crippen LogP contribution >= 0.6 is 0 Å². The van der Waals surface area contributed by atoms with E-state index in [2.05, 4.69) is 4.74 Å². The smallest absolute Gasteiger partial charge is 0.447 e. The summed E-state index contributed by atoms with van der Waals surface area (Å²) in [6.07, 6.45) is -5.36. The largest absolute Gasteiger partial charge is 0.573 e. The lowest BCUT2D eigenvalue weighted by atomic mass is 10.0. The monoisotopic (exact) mass is 379 g/mol. The summed E-state index contributed by atoms with van der Waals surface area (Å²) >= 11 is 0. The SMILES string of the molecule is O=C(Cc1cccc(OC(F)(F)F)c1)N1C(=O)OC[C@@H]1Cc1ccccc1. The molecule has 8 heteroatoms. The van der Waals surface area contributed by atoms with E-state index in [1.54, 1.807) is 0 Å². The number of nitrogens with zero attached hydrogens (tertiary/aromatic N) is 1. The summed E-state index contributed by atoms with van der Waals surface area (Å²) in [4.78, 5) is 25.6. The topological polar surface area (TPSA) is 55.8 Å². The Morgan fingerprint density at radius 3 is 2.52 bits per heavy atom. The predicted octanol–water partition coefficient (Wildman–Crippen LogP) is 3.72. The molecule has 0 N–H and O–H groups in total. The highest BCUT2D eigenvalue weighted by atomic mass is 19.4. The number of ether oxygens (including phenoxy) is 2. The number of cyclic esters (lactones) is 1. The van der Waals surface area contributed by atoms with Crippen LogP contribution in [0.15, 0.2) is 54.6 Å². The van der Waals surface area contributed by atoms with E-state index in [0.717, 1.165) is 22.6 Å². The molecule has 0 radical (unpaired) electrons. The second kappa shape index (κ2) is 7.69. The van der Waals surface area contributed by atoms with Crippen molar-refractivity contribution in [2.45, 2.75) is 25.2 Å². The Hall–Kier alpha value is -3.03. The Bertz CT molecular complexity index is 823. The molecule has 0 aromatic heterocycles. The molecule has 3 rings (SSSR count). The fourth-order valence-electron chi connectivity index (χ4n) is 2.91. The number of hydrogen-bond donors (Lipinski definition) is 0. The zero-order valence-corrected chi connectivity index (χ0v) is 14.1. The quantitative estimate of drug-likeness (QED) is 0.795. The van der Waals surface area contributed by atoms with E-state index in [1.165, 1.54) is 12.1 Å². The van der Waals surface area contributed by atoms with Gasteiger partial charge in [-0.2, -0.15) is 0 Å². The first kappa shape index (κ1) is 18.8. The molecule has 0 unspecified atom stereocenters. The van der Waals surface area contributed by atoms with E-state index < -0.39 is 30.2 Å². The highest BCUT2D eigenvalue weighted by Crippen LogP contribution is 2.24. The maximum absolute atomic E-state index is 12.6. The van der Waals surface area contributed by atoms with Crippen molar-refractivity contribution >= 4 is 12.0 Å². The van der Waals surface area contributed by atoms with E-state index in [4.69, 9.17) is 4.74 Å². The molecule has 1 atom stereocenters. The maximum atomic E-state index is 12.6. The van der Waals surface area contributed by atoms with Crippen LogP contribution in [-0.4, -0.2) is 35.9 Å². The molecule has 0 aliphatic carbocycles. The normalized spacial score (nSPS) is 16.9. The molecule has 1 aliphatic rings. The van der Waals surface area contributed by atoms with E-state index in [9.17, 15) is 22.8 Å². The zero-order valence-electron chi connectivity index (χ0n) is 14.1. The summed E-state index contributed by atoms with van der Waals surface area (Å²) < 4.78 is 45.8. The molecule has 2 aromatic rings. The van der Waals surface area contributed by atoms with Crippen LogP contribution in [0.5, 0.6) is 5.75 Å². The van der Waals surface area contributed by atoms with Crippen LogP contribution < -0.4 is 4.74 Å². The highest BCUT2D eigenvalue weighted by Gasteiger charge is 2.37. The summed E-state index contributed by atoms with van der Waals surface area (Å²) in [5, 5.41) is 0. The number of imide groups is 1. The third kappa shape index (κ3) is 4.99. The molecule has 27 heavy (non-hydrogen) atoms. The van der Waals surface area contributed by atoms with Crippen molar-refractivity contribution in [1.82, 2.24) is 4.90 Å². The fourth-order valence-corrected chi connectivity index (χ4v) is 2.91. The second-order valence-corrected chi connectivity index (χ2v) is 6.06. The molecule has 1 saturated heterocycles. The molecule has 2 aromatic carbocycles. The lowest BCUT2D eigenvalue weighted by Gasteiger charge is -2.20. The van der Waals surface area contributed by atoms with Crippen LogP contribution in [0.3, 0.4) is 0 Å². The third-order valence-electron chi connectivity index (χ3n) is 4.03. The summed E-state index contributed by atoms with van der Waals surface area (Å²) in [5.41, 5.74) is 1.25. The van der Waals surface area contributed by atoms with Crippen LogP contribution in [0.1, 0.15) is 11.1 Å². The minimum absolute atomic E-state index is 0.0801. The Labute approximate surface area is 153 Å². The van der Waals surface area contributed by atoms with Gasteiger partial charge in [0.1, 0.15) is 12.4 Å². The first-order valence-corrected chi connectivity index (χ1v) is 8.19. The van der Waals surface area contributed by atoms with Gasteiger partial charge in [-0.25, -0.2) is 9.69 Å². The minimum atomic E-state index is -4.82. The summed E-state index contributed by atoms with van der Waals surface area (Å²) in [6.45, 7) is 0.0801. The van der Waals surface area contributed by atoms with Crippen molar-refractivity contribution in [3.8, 4) is 5.75 Å². The van der Waals surface area contributed by atoms with Gasteiger partial charge in [0.25, 0.3) is 0 Å². The minimum Gasteiger partial charge on any atom is -0.447 e. The number of carbonyl (C=O) groups excluding carboxylic acids is 2. The van der Waals surface area contributed by atoms with Gasteiger partial charge in [-0.05, 0) is 29.7 Å². The number of benzene rings is 2. The van der Waals surface area contributed by atoms with Crippen LogP contribution in [0.2, 0.25) is 0 Å². The first-order valence-electron chi connectivity index (χ1n) is 8.19. The van der Waals surface area contributed by atoms with E-state index in [1.807, 2.05) is 30.3 Å². The summed E-state index contributed by atoms with van der Waals surface area (Å²) in [6, 6.07) is 14.0. The van der Waals surface area contributed by atoms with Crippen molar-refractivity contribution in [1.29, 1.82) is 0 Å². The first-order chi connectivity index (χ1) is 12.8. The van der Waals surface area contributed by atoms with Gasteiger partial charge < -0.3 is 9.47 Å². The van der Waals surface area contributed by atoms with Gasteiger partial charge in [-0.3, -0.25) is 4.79 Å². The molecule has 0 spiro atoms. The molecule has 1 heterocycles. The summed E-state index contributed by atoms with van der Waals surface area (Å²) in [7, 11) is 0. The standard InChI is InChI=1S/C19H16F3NO4/c20-19(21,22)27-16-8-4-7-14(10-16)11-17(24)23-15(12-26-18(23)25)9-13-5-2-1-3-6-13/h1-8,10,15H,9,11-12H2/t15-/m0/s1. The van der Waals surface area contributed by atoms with Crippen molar-refractivity contribution in [3.05, 3.63) is 65.7 Å². The molecule has 0 saturated carbocycles. The predicted molar refractivity (Wildman–Crippen MR) is 89.0 cm³/mol.